The highest BCUT2D eigenvalue weighted by molar-refractivity contribution is 6.01. The number of nitrogens with zero attached hydrogens (tertiary/aromatic N) is 8. The van der Waals surface area contributed by atoms with Gasteiger partial charge < -0.3 is 14.4 Å². The minimum Gasteiger partial charge on any atom is -0.342 e. The maximum absolute atomic E-state index is 13.8. The predicted molar refractivity (Wildman–Crippen MR) is 147 cm³/mol. The molecule has 0 unspecified atom stereocenters. The van der Waals surface area contributed by atoms with Gasteiger partial charge in [0, 0.05) is 49.7 Å². The summed E-state index contributed by atoms with van der Waals surface area (Å²) in [4.78, 5) is 18.9. The Hall–Kier alpha value is -4.36. The van der Waals surface area contributed by atoms with Gasteiger partial charge in [-0.1, -0.05) is 24.3 Å². The molecule has 1 aliphatic heterocycles. The highest BCUT2D eigenvalue weighted by atomic mass is 19.3. The van der Waals surface area contributed by atoms with Gasteiger partial charge in [-0.3, -0.25) is 4.40 Å². The molecule has 1 saturated heterocycles. The summed E-state index contributed by atoms with van der Waals surface area (Å²) in [6.07, 6.45) is 2.96. The summed E-state index contributed by atoms with van der Waals surface area (Å²) in [5, 5.41) is 9.35. The minimum atomic E-state index is -2.70. The first-order valence-corrected chi connectivity index (χ1v) is 12.9. The van der Waals surface area contributed by atoms with E-state index in [1.165, 1.54) is 4.57 Å². The first-order valence-electron chi connectivity index (χ1n) is 12.9. The van der Waals surface area contributed by atoms with E-state index in [1.54, 1.807) is 31.4 Å². The van der Waals surface area contributed by atoms with Crippen LogP contribution < -0.4 is 4.90 Å². The number of aryl methyl sites for hydroxylation is 1. The number of halogens is 2. The fourth-order valence-electron chi connectivity index (χ4n) is 5.56. The summed E-state index contributed by atoms with van der Waals surface area (Å²) in [7, 11) is 5.83. The van der Waals surface area contributed by atoms with E-state index < -0.39 is 6.43 Å². The number of hydrogen-bond donors (Lipinski definition) is 0. The fourth-order valence-corrected chi connectivity index (χ4v) is 5.56. The van der Waals surface area contributed by atoms with Gasteiger partial charge in [-0.2, -0.15) is 5.26 Å². The molecule has 0 saturated carbocycles. The second kappa shape index (κ2) is 9.75. The van der Waals surface area contributed by atoms with Crippen molar-refractivity contribution in [3.05, 3.63) is 66.2 Å². The van der Waals surface area contributed by atoms with E-state index in [4.69, 9.17) is 9.97 Å². The molecule has 6 rings (SSSR count). The topological polar surface area (TPSA) is 78.3 Å². The molecule has 5 aromatic rings. The van der Waals surface area contributed by atoms with Crippen molar-refractivity contribution in [1.82, 2.24) is 28.8 Å². The average Bonchev–Trinajstić information content (AvgIpc) is 3.57. The molecule has 2 aromatic carbocycles. The zero-order valence-corrected chi connectivity index (χ0v) is 22.0. The van der Waals surface area contributed by atoms with Gasteiger partial charge in [0.05, 0.1) is 33.9 Å². The highest BCUT2D eigenvalue weighted by Gasteiger charge is 2.27. The number of rotatable bonds is 5. The van der Waals surface area contributed by atoms with Crippen LogP contribution in [-0.4, -0.2) is 62.0 Å². The monoisotopic (exact) mass is 526 g/mol. The molecular weight excluding hydrogens is 498 g/mol. The van der Waals surface area contributed by atoms with Crippen molar-refractivity contribution in [2.45, 2.75) is 25.3 Å². The molecule has 3 aromatic heterocycles. The van der Waals surface area contributed by atoms with E-state index in [-0.39, 0.29) is 5.82 Å². The van der Waals surface area contributed by atoms with Gasteiger partial charge in [-0.25, -0.2) is 23.7 Å². The maximum Gasteiger partial charge on any atom is 0.295 e. The summed E-state index contributed by atoms with van der Waals surface area (Å²) < 4.78 is 31.0. The molecule has 10 heteroatoms. The molecule has 8 nitrogen and oxygen atoms in total. The molecule has 0 aliphatic carbocycles. The molecule has 0 N–H and O–H groups in total. The van der Waals surface area contributed by atoms with Gasteiger partial charge in [0.15, 0.2) is 5.82 Å². The Kier molecular flexibility index (Phi) is 6.23. The lowest BCUT2D eigenvalue weighted by atomic mass is 9.98. The van der Waals surface area contributed by atoms with Crippen LogP contribution in [-0.2, 0) is 7.05 Å². The van der Waals surface area contributed by atoms with E-state index in [9.17, 15) is 14.0 Å². The van der Waals surface area contributed by atoms with Crippen LogP contribution in [0.15, 0.2) is 54.9 Å². The summed E-state index contributed by atoms with van der Waals surface area (Å²) in [5.74, 6) is 0.495. The van der Waals surface area contributed by atoms with Crippen LogP contribution in [0.2, 0.25) is 0 Å². The van der Waals surface area contributed by atoms with Gasteiger partial charge in [0.1, 0.15) is 5.65 Å². The lowest BCUT2D eigenvalue weighted by Crippen LogP contribution is -2.43. The second-order valence-electron chi connectivity index (χ2n) is 10.1. The van der Waals surface area contributed by atoms with Crippen LogP contribution in [0.4, 0.5) is 14.7 Å². The van der Waals surface area contributed by atoms with Gasteiger partial charge in [-0.15, -0.1) is 0 Å². The van der Waals surface area contributed by atoms with E-state index in [1.807, 2.05) is 34.9 Å². The number of para-hydroxylation sites is 1. The van der Waals surface area contributed by atoms with Crippen LogP contribution in [0.1, 0.15) is 30.7 Å². The lowest BCUT2D eigenvalue weighted by Gasteiger charge is -2.36. The summed E-state index contributed by atoms with van der Waals surface area (Å²) in [6.45, 7) is 1.70. The van der Waals surface area contributed by atoms with Gasteiger partial charge in [0.2, 0.25) is 5.95 Å². The van der Waals surface area contributed by atoms with Crippen molar-refractivity contribution in [2.24, 2.45) is 7.05 Å². The number of aromatic nitrogens is 5. The molecule has 0 radical (unpaired) electrons. The third-order valence-electron chi connectivity index (χ3n) is 7.70. The summed E-state index contributed by atoms with van der Waals surface area (Å²) >= 11 is 0. The Morgan fingerprint density at radius 1 is 1.05 bits per heavy atom. The van der Waals surface area contributed by atoms with Crippen molar-refractivity contribution >= 4 is 22.6 Å². The molecule has 1 aliphatic rings. The van der Waals surface area contributed by atoms with Crippen LogP contribution in [0, 0.1) is 11.3 Å². The number of hydrogen-bond acceptors (Lipinski definition) is 6. The van der Waals surface area contributed by atoms with Gasteiger partial charge in [0.25, 0.3) is 6.43 Å². The highest BCUT2D eigenvalue weighted by Crippen LogP contribution is 2.40. The van der Waals surface area contributed by atoms with E-state index >= 15 is 0 Å². The fraction of sp³-hybridized carbons (Fsp3) is 0.310. The number of benzene rings is 2. The van der Waals surface area contributed by atoms with Gasteiger partial charge >= 0.3 is 0 Å². The van der Waals surface area contributed by atoms with Crippen LogP contribution >= 0.6 is 0 Å². The largest absolute Gasteiger partial charge is 0.342 e. The molecule has 1 fully saturated rings. The van der Waals surface area contributed by atoms with Crippen molar-refractivity contribution in [3.8, 4) is 28.5 Å². The molecule has 0 spiro atoms. The Labute approximate surface area is 224 Å². The van der Waals surface area contributed by atoms with Crippen LogP contribution in [0.25, 0.3) is 39.1 Å². The quantitative estimate of drug-likeness (QED) is 0.310. The zero-order chi connectivity index (χ0) is 27.3. The average molecular weight is 527 g/mol. The van der Waals surface area contributed by atoms with Crippen molar-refractivity contribution in [1.29, 1.82) is 5.26 Å². The second-order valence-corrected chi connectivity index (χ2v) is 10.1. The smallest absolute Gasteiger partial charge is 0.295 e. The van der Waals surface area contributed by atoms with Gasteiger partial charge in [-0.05, 0) is 45.1 Å². The number of anilines is 1. The molecular formula is C29H28F2N8. The molecule has 39 heavy (non-hydrogen) atoms. The number of alkyl halides is 2. The lowest BCUT2D eigenvalue weighted by molar-refractivity contribution is 0.137. The predicted octanol–water partition coefficient (Wildman–Crippen LogP) is 5.29. The van der Waals surface area contributed by atoms with Crippen LogP contribution in [0.3, 0.4) is 0 Å². The van der Waals surface area contributed by atoms with Crippen LogP contribution in [0.5, 0.6) is 0 Å². The summed E-state index contributed by atoms with van der Waals surface area (Å²) in [6, 6.07) is 15.5. The zero-order valence-electron chi connectivity index (χ0n) is 22.0. The van der Waals surface area contributed by atoms with Crippen molar-refractivity contribution in [3.63, 3.8) is 0 Å². The summed E-state index contributed by atoms with van der Waals surface area (Å²) in [5.41, 5.74) is 5.15. The molecule has 198 valence electrons. The number of fused-ring (bicyclic) bond motifs is 2. The normalized spacial score (nSPS) is 14.7. The molecule has 0 amide bonds. The van der Waals surface area contributed by atoms with Crippen molar-refractivity contribution in [2.75, 3.05) is 32.1 Å². The maximum atomic E-state index is 13.8. The Morgan fingerprint density at radius 2 is 1.79 bits per heavy atom. The Bertz CT molecular complexity index is 1700. The number of imidazole rings is 2. The molecule has 0 atom stereocenters. The van der Waals surface area contributed by atoms with E-state index in [0.717, 1.165) is 37.4 Å². The number of piperidine rings is 1. The minimum absolute atomic E-state index is 0.287. The number of nitriles is 1. The first kappa shape index (κ1) is 24.9. The standard InChI is InChI=1S/C29H28F2N8/c1-36(2)20-11-14-38(15-12-20)29-35-24(19-9-7-18(17-32)8-10-19)23(27-33-13-16-39(27)29)21-5-4-6-22-25(21)34-28(26(30)31)37(22)3/h4-10,13,16,20,26H,11-12,14-15H2,1-3H3. The van der Waals surface area contributed by atoms with Crippen molar-refractivity contribution < 1.29 is 8.78 Å². The third kappa shape index (κ3) is 4.19. The Morgan fingerprint density at radius 3 is 2.46 bits per heavy atom. The van der Waals surface area contributed by atoms with E-state index in [2.05, 4.69) is 34.9 Å². The molecule has 0 bridgehead atoms. The SMILES string of the molecule is CN(C)C1CCN(c2nc(-c3ccc(C#N)cc3)c(-c3cccc4c3nc(C(F)F)n4C)c3nccn23)CC1. The molecule has 4 heterocycles. The first-order chi connectivity index (χ1) is 18.9. The Balaban J connectivity index is 1.61. The third-order valence-corrected chi connectivity index (χ3v) is 7.70. The van der Waals surface area contributed by atoms with E-state index in [0.29, 0.717) is 45.1 Å².